The van der Waals surface area contributed by atoms with Crippen LogP contribution in [0.3, 0.4) is 0 Å². The molecule has 0 spiro atoms. The first-order valence-corrected chi connectivity index (χ1v) is 9.30. The van der Waals surface area contributed by atoms with Gasteiger partial charge in [-0.3, -0.25) is 4.90 Å². The normalized spacial score (nSPS) is 11.1. The lowest BCUT2D eigenvalue weighted by molar-refractivity contribution is 0.233. The maximum Gasteiger partial charge on any atom is 0.247 e. The molecule has 2 heterocycles. The monoisotopic (exact) mass is 373 g/mol. The molecule has 2 aromatic heterocycles. The van der Waals surface area contributed by atoms with Gasteiger partial charge < -0.3 is 10.1 Å². The average Bonchev–Trinajstić information content (AvgIpc) is 3.12. The van der Waals surface area contributed by atoms with Crippen molar-refractivity contribution < 1.29 is 4.74 Å². The number of likely N-dealkylation sites (N-methyl/N-ethyl adjacent to an activating group) is 1. The van der Waals surface area contributed by atoms with Gasteiger partial charge in [-0.1, -0.05) is 36.4 Å². The number of nitrogens with one attached hydrogen (secondary N) is 1. The zero-order valence-electron chi connectivity index (χ0n) is 15.8. The Morgan fingerprint density at radius 2 is 1.75 bits per heavy atom. The van der Waals surface area contributed by atoms with E-state index in [0.29, 0.717) is 12.6 Å². The Balaban J connectivity index is 1.26. The standard InChI is InChI=1S/C22H23N5O/c1-26(17-18-7-3-2-4-8-18)15-16-28-20-12-10-19(11-13-20)23-22-24-21-9-5-6-14-27(21)25-22/h2-14H,15-17H2,1H3,(H,23,25). The van der Waals surface area contributed by atoms with E-state index in [1.807, 2.05) is 54.7 Å². The van der Waals surface area contributed by atoms with Crippen molar-refractivity contribution in [1.82, 2.24) is 19.5 Å². The van der Waals surface area contributed by atoms with Gasteiger partial charge in [-0.15, -0.1) is 5.10 Å². The number of nitrogens with zero attached hydrogens (tertiary/aromatic N) is 4. The third-order valence-corrected chi connectivity index (χ3v) is 4.39. The first kappa shape index (κ1) is 18.0. The molecule has 0 fully saturated rings. The average molecular weight is 373 g/mol. The third-order valence-electron chi connectivity index (χ3n) is 4.39. The molecule has 28 heavy (non-hydrogen) atoms. The summed E-state index contributed by atoms with van der Waals surface area (Å²) in [5, 5.41) is 7.61. The van der Waals surface area contributed by atoms with Gasteiger partial charge in [0.2, 0.25) is 5.95 Å². The quantitative estimate of drug-likeness (QED) is 0.506. The summed E-state index contributed by atoms with van der Waals surface area (Å²) in [4.78, 5) is 6.69. The SMILES string of the molecule is CN(CCOc1ccc(Nc2nc3ccccn3n2)cc1)Cc1ccccc1. The van der Waals surface area contributed by atoms with E-state index in [4.69, 9.17) is 4.74 Å². The molecule has 0 aliphatic carbocycles. The van der Waals surface area contributed by atoms with Crippen LogP contribution in [0.1, 0.15) is 5.56 Å². The molecule has 0 aliphatic heterocycles. The number of rotatable bonds is 8. The van der Waals surface area contributed by atoms with Gasteiger partial charge in [-0.05, 0) is 49.0 Å². The minimum atomic E-state index is 0.572. The lowest BCUT2D eigenvalue weighted by atomic mass is 10.2. The fourth-order valence-electron chi connectivity index (χ4n) is 2.94. The molecule has 0 unspecified atom stereocenters. The summed E-state index contributed by atoms with van der Waals surface area (Å²) in [6, 6.07) is 24.1. The molecule has 6 heteroatoms. The topological polar surface area (TPSA) is 54.7 Å². The number of hydrogen-bond acceptors (Lipinski definition) is 5. The van der Waals surface area contributed by atoms with E-state index in [9.17, 15) is 0 Å². The number of hydrogen-bond donors (Lipinski definition) is 1. The molecule has 2 aromatic carbocycles. The van der Waals surface area contributed by atoms with E-state index in [0.717, 1.165) is 30.2 Å². The number of fused-ring (bicyclic) bond motifs is 1. The van der Waals surface area contributed by atoms with E-state index in [-0.39, 0.29) is 0 Å². The van der Waals surface area contributed by atoms with Crippen molar-refractivity contribution in [2.45, 2.75) is 6.54 Å². The summed E-state index contributed by atoms with van der Waals surface area (Å²) in [7, 11) is 2.10. The van der Waals surface area contributed by atoms with Gasteiger partial charge in [-0.2, -0.15) is 4.98 Å². The second-order valence-corrected chi connectivity index (χ2v) is 6.66. The van der Waals surface area contributed by atoms with Gasteiger partial charge in [0, 0.05) is 25.0 Å². The first-order chi connectivity index (χ1) is 13.8. The summed E-state index contributed by atoms with van der Waals surface area (Å²) in [6.45, 7) is 2.42. The zero-order chi connectivity index (χ0) is 19.2. The summed E-state index contributed by atoms with van der Waals surface area (Å²) in [5.41, 5.74) is 3.04. The molecule has 4 aromatic rings. The highest BCUT2D eigenvalue weighted by Crippen LogP contribution is 2.18. The van der Waals surface area contributed by atoms with Gasteiger partial charge >= 0.3 is 0 Å². The molecule has 0 aliphatic rings. The Bertz CT molecular complexity index is 981. The Kier molecular flexibility index (Phi) is 5.49. The predicted octanol–water partition coefficient (Wildman–Crippen LogP) is 3.98. The van der Waals surface area contributed by atoms with Crippen molar-refractivity contribution in [2.24, 2.45) is 0 Å². The zero-order valence-corrected chi connectivity index (χ0v) is 15.8. The number of benzene rings is 2. The molecule has 0 bridgehead atoms. The molecule has 142 valence electrons. The van der Waals surface area contributed by atoms with Crippen molar-refractivity contribution in [3.05, 3.63) is 84.6 Å². The molecule has 0 atom stereocenters. The van der Waals surface area contributed by atoms with Crippen LogP contribution in [-0.2, 0) is 6.54 Å². The molecule has 6 nitrogen and oxygen atoms in total. The predicted molar refractivity (Wildman–Crippen MR) is 111 cm³/mol. The smallest absolute Gasteiger partial charge is 0.247 e. The summed E-state index contributed by atoms with van der Waals surface area (Å²) in [5.74, 6) is 1.42. The maximum absolute atomic E-state index is 5.86. The van der Waals surface area contributed by atoms with E-state index in [1.165, 1.54) is 5.56 Å². The minimum Gasteiger partial charge on any atom is -0.492 e. The number of aromatic nitrogens is 3. The Morgan fingerprint density at radius 3 is 2.54 bits per heavy atom. The van der Waals surface area contributed by atoms with Crippen LogP contribution in [0.5, 0.6) is 5.75 Å². The van der Waals surface area contributed by atoms with E-state index in [2.05, 4.69) is 51.6 Å². The number of ether oxygens (including phenoxy) is 1. The van der Waals surface area contributed by atoms with Crippen molar-refractivity contribution >= 4 is 17.3 Å². The second kappa shape index (κ2) is 8.54. The Labute approximate surface area is 164 Å². The van der Waals surface area contributed by atoms with Crippen LogP contribution < -0.4 is 10.1 Å². The Hall–Kier alpha value is -3.38. The van der Waals surface area contributed by atoms with Crippen molar-refractivity contribution in [2.75, 3.05) is 25.5 Å². The summed E-state index contributed by atoms with van der Waals surface area (Å²) >= 11 is 0. The van der Waals surface area contributed by atoms with Crippen LogP contribution in [0.15, 0.2) is 79.0 Å². The lowest BCUT2D eigenvalue weighted by Gasteiger charge is -2.17. The molecule has 0 saturated carbocycles. The van der Waals surface area contributed by atoms with Crippen LogP contribution >= 0.6 is 0 Å². The largest absolute Gasteiger partial charge is 0.492 e. The summed E-state index contributed by atoms with van der Waals surface area (Å²) < 4.78 is 7.60. The maximum atomic E-state index is 5.86. The number of pyridine rings is 1. The van der Waals surface area contributed by atoms with Crippen LogP contribution in [0.25, 0.3) is 5.65 Å². The lowest BCUT2D eigenvalue weighted by Crippen LogP contribution is -2.23. The molecule has 0 saturated heterocycles. The van der Waals surface area contributed by atoms with Crippen molar-refractivity contribution in [1.29, 1.82) is 0 Å². The minimum absolute atomic E-state index is 0.572. The number of anilines is 2. The van der Waals surface area contributed by atoms with E-state index in [1.54, 1.807) is 4.52 Å². The van der Waals surface area contributed by atoms with E-state index < -0.39 is 0 Å². The molecule has 0 amide bonds. The van der Waals surface area contributed by atoms with Crippen molar-refractivity contribution in [3.8, 4) is 5.75 Å². The Morgan fingerprint density at radius 1 is 0.964 bits per heavy atom. The van der Waals surface area contributed by atoms with Crippen LogP contribution in [0, 0.1) is 0 Å². The molecule has 1 N–H and O–H groups in total. The first-order valence-electron chi connectivity index (χ1n) is 9.30. The van der Waals surface area contributed by atoms with Gasteiger partial charge in [0.15, 0.2) is 5.65 Å². The fourth-order valence-corrected chi connectivity index (χ4v) is 2.94. The summed E-state index contributed by atoms with van der Waals surface area (Å²) in [6.07, 6.45) is 1.87. The van der Waals surface area contributed by atoms with Crippen molar-refractivity contribution in [3.63, 3.8) is 0 Å². The molecule has 0 radical (unpaired) electrons. The third kappa shape index (κ3) is 4.66. The second-order valence-electron chi connectivity index (χ2n) is 6.66. The molecule has 4 rings (SSSR count). The van der Waals surface area contributed by atoms with Gasteiger partial charge in [0.25, 0.3) is 0 Å². The fraction of sp³-hybridized carbons (Fsp3) is 0.182. The van der Waals surface area contributed by atoms with Gasteiger partial charge in [-0.25, -0.2) is 4.52 Å². The van der Waals surface area contributed by atoms with Gasteiger partial charge in [0.05, 0.1) is 0 Å². The van der Waals surface area contributed by atoms with E-state index >= 15 is 0 Å². The van der Waals surface area contributed by atoms with Crippen LogP contribution in [0.2, 0.25) is 0 Å². The highest BCUT2D eigenvalue weighted by molar-refractivity contribution is 5.56. The van der Waals surface area contributed by atoms with Crippen LogP contribution in [-0.4, -0.2) is 39.7 Å². The molecular formula is C22H23N5O. The van der Waals surface area contributed by atoms with Crippen LogP contribution in [0.4, 0.5) is 11.6 Å². The van der Waals surface area contributed by atoms with Gasteiger partial charge in [0.1, 0.15) is 12.4 Å². The highest BCUT2D eigenvalue weighted by Gasteiger charge is 2.04. The molecular weight excluding hydrogens is 350 g/mol. The highest BCUT2D eigenvalue weighted by atomic mass is 16.5.